The van der Waals surface area contributed by atoms with E-state index in [4.69, 9.17) is 5.73 Å². The summed E-state index contributed by atoms with van der Waals surface area (Å²) in [6.07, 6.45) is 5.30. The van der Waals surface area contributed by atoms with E-state index in [1.165, 1.54) is 11.0 Å². The van der Waals surface area contributed by atoms with Crippen LogP contribution in [0.1, 0.15) is 11.1 Å². The van der Waals surface area contributed by atoms with E-state index in [1.54, 1.807) is 37.2 Å². The first-order valence-electron chi connectivity index (χ1n) is 9.00. The molecule has 4 nitrogen and oxygen atoms in total. The van der Waals surface area contributed by atoms with Gasteiger partial charge in [-0.3, -0.25) is 0 Å². The third-order valence-electron chi connectivity index (χ3n) is 4.86. The van der Waals surface area contributed by atoms with Crippen LogP contribution in [0.4, 0.5) is 13.6 Å². The summed E-state index contributed by atoms with van der Waals surface area (Å²) in [5.74, 6) is -1.09. The average molecular weight is 383 g/mol. The highest BCUT2D eigenvalue weighted by Crippen LogP contribution is 2.47. The number of urea groups is 1. The lowest BCUT2D eigenvalue weighted by molar-refractivity contribution is 0.154. The fourth-order valence-electron chi connectivity index (χ4n) is 3.64. The van der Waals surface area contributed by atoms with E-state index < -0.39 is 17.2 Å². The maximum absolute atomic E-state index is 14.7. The molecule has 0 bridgehead atoms. The Hall–Kier alpha value is -2.99. The Bertz CT molecular complexity index is 925. The third kappa shape index (κ3) is 3.31. The Labute approximate surface area is 163 Å². The first kappa shape index (κ1) is 19.8. The molecule has 2 aromatic carbocycles. The standard InChI is InChI=1S/C22H23F2N3O/c1-26(2)21(28)27-14-11-19(18-15-17(23)9-10-20(18)24)22(27,12-6-13-25)16-7-4-3-5-8-16/h3-12,15H,13-14,25H2,1-2H3. The topological polar surface area (TPSA) is 49.6 Å². The van der Waals surface area contributed by atoms with Crippen LogP contribution in [0, 0.1) is 11.6 Å². The molecule has 0 spiro atoms. The summed E-state index contributed by atoms with van der Waals surface area (Å²) < 4.78 is 28.7. The van der Waals surface area contributed by atoms with E-state index in [1.807, 2.05) is 30.3 Å². The van der Waals surface area contributed by atoms with Crippen LogP contribution in [0.25, 0.3) is 5.57 Å². The molecule has 1 aliphatic heterocycles. The molecule has 0 aliphatic carbocycles. The summed E-state index contributed by atoms with van der Waals surface area (Å²) in [6, 6.07) is 12.4. The minimum Gasteiger partial charge on any atom is -0.331 e. The molecule has 1 heterocycles. The molecule has 1 atom stereocenters. The summed E-state index contributed by atoms with van der Waals surface area (Å²) in [6.45, 7) is 0.504. The fraction of sp³-hybridized carbons (Fsp3) is 0.227. The van der Waals surface area contributed by atoms with E-state index >= 15 is 0 Å². The number of benzene rings is 2. The number of nitrogens with two attached hydrogens (primary N) is 1. The summed E-state index contributed by atoms with van der Waals surface area (Å²) in [7, 11) is 3.32. The highest BCUT2D eigenvalue weighted by Gasteiger charge is 2.47. The number of carbonyl (C=O) groups is 1. The van der Waals surface area contributed by atoms with Gasteiger partial charge in [-0.05, 0) is 29.3 Å². The summed E-state index contributed by atoms with van der Waals surface area (Å²) in [5.41, 5.74) is 6.01. The van der Waals surface area contributed by atoms with Gasteiger partial charge in [0.1, 0.15) is 17.2 Å². The predicted molar refractivity (Wildman–Crippen MR) is 106 cm³/mol. The molecule has 1 unspecified atom stereocenters. The minimum absolute atomic E-state index is 0.125. The summed E-state index contributed by atoms with van der Waals surface area (Å²) >= 11 is 0. The number of amides is 2. The lowest BCUT2D eigenvalue weighted by atomic mass is 9.79. The molecular weight excluding hydrogens is 360 g/mol. The molecule has 0 radical (unpaired) electrons. The van der Waals surface area contributed by atoms with Crippen LogP contribution in [0.15, 0.2) is 66.8 Å². The van der Waals surface area contributed by atoms with Crippen molar-refractivity contribution in [2.75, 3.05) is 27.2 Å². The van der Waals surface area contributed by atoms with Crippen LogP contribution < -0.4 is 5.73 Å². The summed E-state index contributed by atoms with van der Waals surface area (Å²) in [5, 5.41) is 0. The lowest BCUT2D eigenvalue weighted by Crippen LogP contribution is -2.49. The van der Waals surface area contributed by atoms with Crippen molar-refractivity contribution in [2.24, 2.45) is 5.73 Å². The Morgan fingerprint density at radius 1 is 1.21 bits per heavy atom. The SMILES string of the molecule is CN(C)C(=O)N1CC=C(c2cc(F)ccc2F)C1(C=CCN)c1ccccc1. The molecule has 2 amide bonds. The molecule has 146 valence electrons. The first-order chi connectivity index (χ1) is 13.4. The summed E-state index contributed by atoms with van der Waals surface area (Å²) in [4.78, 5) is 16.1. The average Bonchev–Trinajstić information content (AvgIpc) is 3.08. The molecule has 2 N–H and O–H groups in total. The van der Waals surface area contributed by atoms with Gasteiger partial charge >= 0.3 is 6.03 Å². The van der Waals surface area contributed by atoms with Crippen molar-refractivity contribution in [1.29, 1.82) is 0 Å². The third-order valence-corrected chi connectivity index (χ3v) is 4.86. The van der Waals surface area contributed by atoms with Gasteiger partial charge in [0.05, 0.1) is 0 Å². The zero-order valence-electron chi connectivity index (χ0n) is 15.9. The number of halogens is 2. The van der Waals surface area contributed by atoms with Crippen LogP contribution in [0.5, 0.6) is 0 Å². The zero-order chi connectivity index (χ0) is 20.3. The van der Waals surface area contributed by atoms with Crippen molar-refractivity contribution in [3.05, 3.63) is 89.5 Å². The zero-order valence-corrected chi connectivity index (χ0v) is 15.9. The van der Waals surface area contributed by atoms with Crippen molar-refractivity contribution >= 4 is 11.6 Å². The minimum atomic E-state index is -1.10. The van der Waals surface area contributed by atoms with E-state index in [9.17, 15) is 13.6 Å². The van der Waals surface area contributed by atoms with Crippen LogP contribution >= 0.6 is 0 Å². The van der Waals surface area contributed by atoms with Crippen LogP contribution in [0.2, 0.25) is 0 Å². The Kier molecular flexibility index (Phi) is 5.61. The molecular formula is C22H23F2N3O. The van der Waals surface area contributed by atoms with E-state index in [-0.39, 0.29) is 24.7 Å². The lowest BCUT2D eigenvalue weighted by Gasteiger charge is -2.41. The van der Waals surface area contributed by atoms with E-state index in [0.29, 0.717) is 5.57 Å². The van der Waals surface area contributed by atoms with Crippen molar-refractivity contribution in [3.63, 3.8) is 0 Å². The van der Waals surface area contributed by atoms with Crippen LogP contribution in [-0.4, -0.2) is 43.0 Å². The van der Waals surface area contributed by atoms with Crippen molar-refractivity contribution in [3.8, 4) is 0 Å². The molecule has 0 fully saturated rings. The van der Waals surface area contributed by atoms with E-state index in [2.05, 4.69) is 0 Å². The van der Waals surface area contributed by atoms with E-state index in [0.717, 1.165) is 17.7 Å². The number of rotatable bonds is 4. The van der Waals surface area contributed by atoms with Crippen molar-refractivity contribution in [2.45, 2.75) is 5.54 Å². The van der Waals surface area contributed by atoms with Gasteiger partial charge in [0.2, 0.25) is 0 Å². The van der Waals surface area contributed by atoms with Crippen LogP contribution in [-0.2, 0) is 5.54 Å². The van der Waals surface area contributed by atoms with Gasteiger partial charge in [0, 0.05) is 32.7 Å². The Balaban J connectivity index is 2.30. The van der Waals surface area contributed by atoms with Gasteiger partial charge in [0.25, 0.3) is 0 Å². The van der Waals surface area contributed by atoms with Gasteiger partial charge < -0.3 is 15.5 Å². The maximum Gasteiger partial charge on any atom is 0.321 e. The second kappa shape index (κ2) is 7.94. The molecule has 6 heteroatoms. The highest BCUT2D eigenvalue weighted by atomic mass is 19.1. The monoisotopic (exact) mass is 383 g/mol. The second-order valence-corrected chi connectivity index (χ2v) is 6.80. The number of hydrogen-bond acceptors (Lipinski definition) is 2. The Morgan fingerprint density at radius 3 is 2.57 bits per heavy atom. The smallest absolute Gasteiger partial charge is 0.321 e. The first-order valence-corrected chi connectivity index (χ1v) is 9.00. The number of carbonyl (C=O) groups excluding carboxylic acids is 1. The molecule has 28 heavy (non-hydrogen) atoms. The quantitative estimate of drug-likeness (QED) is 0.818. The fourth-order valence-corrected chi connectivity index (χ4v) is 3.64. The van der Waals surface area contributed by atoms with Gasteiger partial charge in [0.15, 0.2) is 0 Å². The molecule has 0 aromatic heterocycles. The molecule has 0 saturated heterocycles. The normalized spacial score (nSPS) is 19.2. The largest absolute Gasteiger partial charge is 0.331 e. The van der Waals surface area contributed by atoms with Gasteiger partial charge in [-0.2, -0.15) is 0 Å². The Morgan fingerprint density at radius 2 is 1.93 bits per heavy atom. The van der Waals surface area contributed by atoms with Crippen LogP contribution in [0.3, 0.4) is 0 Å². The number of nitrogens with zero attached hydrogens (tertiary/aromatic N) is 2. The van der Waals surface area contributed by atoms with Gasteiger partial charge in [-0.1, -0.05) is 48.6 Å². The highest BCUT2D eigenvalue weighted by molar-refractivity contribution is 5.88. The van der Waals surface area contributed by atoms with Gasteiger partial charge in [-0.25, -0.2) is 13.6 Å². The maximum atomic E-state index is 14.7. The van der Waals surface area contributed by atoms with Gasteiger partial charge in [-0.15, -0.1) is 0 Å². The predicted octanol–water partition coefficient (Wildman–Crippen LogP) is 3.76. The second-order valence-electron chi connectivity index (χ2n) is 6.80. The molecule has 2 aromatic rings. The molecule has 1 aliphatic rings. The van der Waals surface area contributed by atoms with Crippen molar-refractivity contribution in [1.82, 2.24) is 9.80 Å². The van der Waals surface area contributed by atoms with Crippen molar-refractivity contribution < 1.29 is 13.6 Å². The number of hydrogen-bond donors (Lipinski definition) is 1. The molecule has 3 rings (SSSR count). The molecule has 0 saturated carbocycles.